The van der Waals surface area contributed by atoms with Crippen LogP contribution < -0.4 is 5.32 Å². The van der Waals surface area contributed by atoms with Crippen molar-refractivity contribution in [3.05, 3.63) is 47.6 Å². The molecule has 1 aliphatic carbocycles. The first-order chi connectivity index (χ1) is 13.0. The predicted molar refractivity (Wildman–Crippen MR) is 102 cm³/mol. The number of fused-ring (bicyclic) bond motifs is 1. The molecule has 1 saturated carbocycles. The molecule has 0 unspecified atom stereocenters. The third kappa shape index (κ3) is 3.76. The Kier molecular flexibility index (Phi) is 5.00. The van der Waals surface area contributed by atoms with E-state index < -0.39 is 0 Å². The van der Waals surface area contributed by atoms with Crippen LogP contribution in [0.1, 0.15) is 50.4 Å². The second-order valence-electron chi connectivity index (χ2n) is 8.32. The van der Waals surface area contributed by atoms with Crippen molar-refractivity contribution < 1.29 is 9.32 Å². The molecule has 1 aromatic carbocycles. The fraction of sp³-hybridized carbons (Fsp3) is 0.571. The van der Waals surface area contributed by atoms with Crippen molar-refractivity contribution >= 4 is 5.91 Å². The molecule has 6 heteroatoms. The first kappa shape index (κ1) is 18.2. The molecule has 1 aromatic heterocycles. The number of nitrogens with one attached hydrogen (secondary N) is 1. The lowest BCUT2D eigenvalue weighted by molar-refractivity contribution is -0.122. The van der Waals surface area contributed by atoms with Crippen LogP contribution in [0.2, 0.25) is 0 Å². The molecule has 2 heterocycles. The maximum Gasteiger partial charge on any atom is 0.234 e. The first-order valence-corrected chi connectivity index (χ1v) is 9.94. The Labute approximate surface area is 160 Å². The van der Waals surface area contributed by atoms with Gasteiger partial charge in [-0.1, -0.05) is 41.9 Å². The van der Waals surface area contributed by atoms with Crippen LogP contribution >= 0.6 is 0 Å². The minimum Gasteiger partial charge on any atom is -0.353 e. The number of hydrogen-bond donors (Lipinski definition) is 1. The summed E-state index contributed by atoms with van der Waals surface area (Å²) < 4.78 is 5.75. The van der Waals surface area contributed by atoms with Gasteiger partial charge in [0.2, 0.25) is 11.8 Å². The topological polar surface area (TPSA) is 71.3 Å². The Hall–Kier alpha value is -2.21. The van der Waals surface area contributed by atoms with Gasteiger partial charge in [0.1, 0.15) is 0 Å². The average Bonchev–Trinajstić information content (AvgIpc) is 3.29. The van der Waals surface area contributed by atoms with Crippen LogP contribution in [0.15, 0.2) is 34.9 Å². The van der Waals surface area contributed by atoms with Gasteiger partial charge in [0, 0.05) is 25.6 Å². The van der Waals surface area contributed by atoms with Crippen LogP contribution in [-0.2, 0) is 16.6 Å². The van der Waals surface area contributed by atoms with Gasteiger partial charge in [0.25, 0.3) is 0 Å². The molecule has 4 rings (SSSR count). The molecular weight excluding hydrogens is 340 g/mol. The van der Waals surface area contributed by atoms with Crippen LogP contribution in [0.4, 0.5) is 0 Å². The summed E-state index contributed by atoms with van der Waals surface area (Å²) in [6, 6.07) is 10.4. The highest BCUT2D eigenvalue weighted by atomic mass is 16.5. The van der Waals surface area contributed by atoms with Crippen LogP contribution in [0.3, 0.4) is 0 Å². The Morgan fingerprint density at radius 3 is 2.96 bits per heavy atom. The summed E-state index contributed by atoms with van der Waals surface area (Å²) in [4.78, 5) is 19.2. The zero-order valence-electron chi connectivity index (χ0n) is 16.1. The quantitative estimate of drug-likeness (QED) is 0.848. The number of aromatic nitrogens is 2. The van der Waals surface area contributed by atoms with Crippen molar-refractivity contribution in [3.8, 4) is 0 Å². The minimum absolute atomic E-state index is 0.0833. The van der Waals surface area contributed by atoms with Gasteiger partial charge in [-0.25, -0.2) is 0 Å². The molecule has 2 atom stereocenters. The molecular formula is C21H28N4O2. The highest BCUT2D eigenvalue weighted by molar-refractivity contribution is 5.78. The molecule has 1 saturated heterocycles. The smallest absolute Gasteiger partial charge is 0.234 e. The molecule has 0 spiro atoms. The number of hydrogen-bond acceptors (Lipinski definition) is 5. The lowest BCUT2D eigenvalue weighted by Gasteiger charge is -2.24. The summed E-state index contributed by atoms with van der Waals surface area (Å²) in [5, 5.41) is 7.24. The van der Waals surface area contributed by atoms with Crippen LogP contribution in [0, 0.1) is 5.92 Å². The number of rotatable bonds is 6. The maximum absolute atomic E-state index is 12.2. The number of amides is 1. The van der Waals surface area contributed by atoms with E-state index in [1.807, 2.05) is 32.0 Å². The van der Waals surface area contributed by atoms with E-state index in [-0.39, 0.29) is 17.4 Å². The largest absolute Gasteiger partial charge is 0.353 e. The number of benzene rings is 1. The highest BCUT2D eigenvalue weighted by Gasteiger charge is 2.54. The van der Waals surface area contributed by atoms with Gasteiger partial charge < -0.3 is 9.84 Å². The molecule has 144 valence electrons. The zero-order valence-corrected chi connectivity index (χ0v) is 16.1. The highest BCUT2D eigenvalue weighted by Crippen LogP contribution is 2.49. The van der Waals surface area contributed by atoms with E-state index in [0.717, 1.165) is 31.2 Å². The van der Waals surface area contributed by atoms with Gasteiger partial charge in [0.05, 0.1) is 12.0 Å². The first-order valence-electron chi connectivity index (χ1n) is 9.94. The molecule has 1 aliphatic heterocycles. The molecule has 1 N–H and O–H groups in total. The van der Waals surface area contributed by atoms with Gasteiger partial charge >= 0.3 is 0 Å². The van der Waals surface area contributed by atoms with Crippen molar-refractivity contribution in [3.63, 3.8) is 0 Å². The fourth-order valence-corrected chi connectivity index (χ4v) is 4.74. The van der Waals surface area contributed by atoms with E-state index in [9.17, 15) is 4.79 Å². The van der Waals surface area contributed by atoms with Gasteiger partial charge in [-0.3, -0.25) is 9.69 Å². The average molecular weight is 368 g/mol. The molecule has 6 nitrogen and oxygen atoms in total. The molecule has 0 radical (unpaired) electrons. The Morgan fingerprint density at radius 2 is 2.19 bits per heavy atom. The van der Waals surface area contributed by atoms with Crippen molar-refractivity contribution in [2.24, 2.45) is 5.92 Å². The SMILES string of the molecule is CC(C)NC(=O)CN1C[C@H]2CCC[C@@]2(c2nc(Cc3ccccc3)no2)C1. The van der Waals surface area contributed by atoms with Crippen LogP contribution in [-0.4, -0.2) is 46.6 Å². The van der Waals surface area contributed by atoms with Gasteiger partial charge in [-0.05, 0) is 38.2 Å². The summed E-state index contributed by atoms with van der Waals surface area (Å²) in [5.74, 6) is 2.10. The summed E-state index contributed by atoms with van der Waals surface area (Å²) in [6.45, 7) is 6.19. The lowest BCUT2D eigenvalue weighted by Crippen LogP contribution is -2.40. The summed E-state index contributed by atoms with van der Waals surface area (Å²) in [7, 11) is 0. The summed E-state index contributed by atoms with van der Waals surface area (Å²) >= 11 is 0. The number of carbonyl (C=O) groups excluding carboxylic acids is 1. The summed E-state index contributed by atoms with van der Waals surface area (Å²) in [6.07, 6.45) is 4.10. The maximum atomic E-state index is 12.2. The molecule has 0 bridgehead atoms. The third-order valence-electron chi connectivity index (χ3n) is 5.86. The monoisotopic (exact) mass is 368 g/mol. The van der Waals surface area contributed by atoms with Crippen molar-refractivity contribution in [1.29, 1.82) is 0 Å². The normalized spacial score (nSPS) is 25.1. The van der Waals surface area contributed by atoms with E-state index in [1.165, 1.54) is 18.4 Å². The van der Waals surface area contributed by atoms with Crippen molar-refractivity contribution in [2.45, 2.75) is 51.0 Å². The second-order valence-corrected chi connectivity index (χ2v) is 8.32. The van der Waals surface area contributed by atoms with E-state index in [4.69, 9.17) is 9.51 Å². The van der Waals surface area contributed by atoms with Crippen molar-refractivity contribution in [2.75, 3.05) is 19.6 Å². The minimum atomic E-state index is -0.0833. The fourth-order valence-electron chi connectivity index (χ4n) is 4.74. The van der Waals surface area contributed by atoms with Gasteiger partial charge in [-0.15, -0.1) is 0 Å². The van der Waals surface area contributed by atoms with Crippen molar-refractivity contribution in [1.82, 2.24) is 20.4 Å². The number of likely N-dealkylation sites (tertiary alicyclic amines) is 1. The molecule has 1 amide bonds. The predicted octanol–water partition coefficient (Wildman–Crippen LogP) is 2.54. The second kappa shape index (κ2) is 7.43. The standard InChI is InChI=1S/C21H28N4O2/c1-15(2)22-19(26)13-25-12-17-9-6-10-21(17,14-25)20-23-18(24-27-20)11-16-7-4-3-5-8-16/h3-5,7-8,15,17H,6,9-14H2,1-2H3,(H,22,26)/t17-,21-/m1/s1. The number of carbonyl (C=O) groups is 1. The van der Waals surface area contributed by atoms with Gasteiger partial charge in [0.15, 0.2) is 5.82 Å². The zero-order chi connectivity index (χ0) is 18.9. The molecule has 27 heavy (non-hydrogen) atoms. The van der Waals surface area contributed by atoms with E-state index in [0.29, 0.717) is 18.9 Å². The van der Waals surface area contributed by atoms with Crippen LogP contribution in [0.25, 0.3) is 0 Å². The Balaban J connectivity index is 1.48. The third-order valence-corrected chi connectivity index (χ3v) is 5.86. The van der Waals surface area contributed by atoms with Gasteiger partial charge in [-0.2, -0.15) is 4.98 Å². The van der Waals surface area contributed by atoms with E-state index >= 15 is 0 Å². The molecule has 2 aliphatic rings. The Morgan fingerprint density at radius 1 is 1.37 bits per heavy atom. The number of nitrogens with zero attached hydrogens (tertiary/aromatic N) is 3. The van der Waals surface area contributed by atoms with E-state index in [1.54, 1.807) is 0 Å². The summed E-state index contributed by atoms with van der Waals surface area (Å²) in [5.41, 5.74) is 1.10. The molecule has 2 aromatic rings. The Bertz CT molecular complexity index is 788. The van der Waals surface area contributed by atoms with E-state index in [2.05, 4.69) is 27.5 Å². The molecule has 2 fully saturated rings. The lowest BCUT2D eigenvalue weighted by atomic mass is 9.80. The van der Waals surface area contributed by atoms with Crippen LogP contribution in [0.5, 0.6) is 0 Å².